The molecule has 0 atom stereocenters. The number of anilines is 1. The van der Waals surface area contributed by atoms with Gasteiger partial charge in [-0.25, -0.2) is 0 Å². The van der Waals surface area contributed by atoms with E-state index in [0.717, 1.165) is 0 Å². The lowest BCUT2D eigenvalue weighted by Crippen LogP contribution is -2.34. The molecule has 1 aliphatic rings. The third kappa shape index (κ3) is 3.84. The second kappa shape index (κ2) is 6.75. The molecule has 2 aromatic rings. The summed E-state index contributed by atoms with van der Waals surface area (Å²) in [5, 5.41) is 18.9. The molecule has 1 aromatic heterocycles. The summed E-state index contributed by atoms with van der Waals surface area (Å²) in [6.07, 6.45) is -8.82. The Kier molecular flexibility index (Phi) is 4.75. The van der Waals surface area contributed by atoms with Gasteiger partial charge in [-0.2, -0.15) is 41.9 Å². The second-order valence-corrected chi connectivity index (χ2v) is 6.16. The van der Waals surface area contributed by atoms with Crippen LogP contribution in [0, 0.1) is 11.3 Å². The Morgan fingerprint density at radius 1 is 1.04 bits per heavy atom. The van der Waals surface area contributed by atoms with E-state index >= 15 is 0 Å². The van der Waals surface area contributed by atoms with Crippen molar-refractivity contribution in [1.29, 1.82) is 5.26 Å². The van der Waals surface area contributed by atoms with Gasteiger partial charge in [0.2, 0.25) is 0 Å². The molecule has 0 spiro atoms. The summed E-state index contributed by atoms with van der Waals surface area (Å²) in [5.74, 6) is -0.199. The zero-order chi connectivity index (χ0) is 19.8. The minimum absolute atomic E-state index is 0.104. The summed E-state index contributed by atoms with van der Waals surface area (Å²) in [4.78, 5) is 1.29. The molecule has 1 aliphatic heterocycles. The fraction of sp³-hybridized carbons (Fsp3) is 0.438. The Labute approximate surface area is 149 Å². The maximum Gasteiger partial charge on any atom is 0.418 e. The fourth-order valence-electron chi connectivity index (χ4n) is 3.21. The summed E-state index contributed by atoms with van der Waals surface area (Å²) < 4.78 is 78.6. The number of nitriles is 1. The van der Waals surface area contributed by atoms with Gasteiger partial charge in [0.1, 0.15) is 11.8 Å². The van der Waals surface area contributed by atoms with Crippen LogP contribution in [0.4, 0.5) is 32.0 Å². The van der Waals surface area contributed by atoms with Crippen LogP contribution >= 0.6 is 0 Å². The van der Waals surface area contributed by atoms with Gasteiger partial charge in [0.25, 0.3) is 0 Å². The molecule has 144 valence electrons. The number of H-pyrrole nitrogens is 1. The van der Waals surface area contributed by atoms with E-state index in [1.165, 1.54) is 4.90 Å². The number of piperidine rings is 1. The molecule has 1 fully saturated rings. The van der Waals surface area contributed by atoms with E-state index in [0.29, 0.717) is 36.7 Å². The number of aromatic amines is 1. The van der Waals surface area contributed by atoms with Crippen LogP contribution in [-0.2, 0) is 12.4 Å². The van der Waals surface area contributed by atoms with Gasteiger partial charge in [0.15, 0.2) is 5.69 Å². The van der Waals surface area contributed by atoms with E-state index in [2.05, 4.69) is 15.4 Å². The highest BCUT2D eigenvalue weighted by Gasteiger charge is 2.39. The van der Waals surface area contributed by atoms with E-state index in [9.17, 15) is 26.3 Å². The van der Waals surface area contributed by atoms with Crippen molar-refractivity contribution in [3.63, 3.8) is 0 Å². The molecule has 1 N–H and O–H groups in total. The highest BCUT2D eigenvalue weighted by atomic mass is 19.4. The SMILES string of the molecule is N#Cc1n[nH]nc1C1CCN(c2cc(C(F)(F)F)ccc2C(F)(F)F)CC1. The molecular weight excluding hydrogens is 376 g/mol. The number of benzene rings is 1. The fourth-order valence-corrected chi connectivity index (χ4v) is 3.21. The second-order valence-electron chi connectivity index (χ2n) is 6.16. The van der Waals surface area contributed by atoms with Gasteiger partial charge in [-0.15, -0.1) is 5.10 Å². The number of halogens is 6. The number of hydrogen-bond acceptors (Lipinski definition) is 4. The normalized spacial score (nSPS) is 16.4. The van der Waals surface area contributed by atoms with Gasteiger partial charge in [-0.05, 0) is 31.0 Å². The number of nitrogens with zero attached hydrogens (tertiary/aromatic N) is 4. The molecule has 0 saturated carbocycles. The van der Waals surface area contributed by atoms with Crippen molar-refractivity contribution in [3.05, 3.63) is 40.7 Å². The average molecular weight is 389 g/mol. The van der Waals surface area contributed by atoms with Crippen molar-refractivity contribution in [2.45, 2.75) is 31.1 Å². The highest BCUT2D eigenvalue weighted by molar-refractivity contribution is 5.58. The smallest absolute Gasteiger partial charge is 0.371 e. The summed E-state index contributed by atoms with van der Waals surface area (Å²) in [7, 11) is 0. The minimum Gasteiger partial charge on any atom is -0.371 e. The first-order valence-electron chi connectivity index (χ1n) is 7.95. The maximum atomic E-state index is 13.3. The van der Waals surface area contributed by atoms with Gasteiger partial charge in [-0.3, -0.25) is 0 Å². The average Bonchev–Trinajstić information content (AvgIpc) is 3.08. The Morgan fingerprint density at radius 3 is 2.26 bits per heavy atom. The Morgan fingerprint density at radius 2 is 1.70 bits per heavy atom. The monoisotopic (exact) mass is 389 g/mol. The van der Waals surface area contributed by atoms with Crippen LogP contribution in [0.15, 0.2) is 18.2 Å². The number of nitrogens with one attached hydrogen (secondary N) is 1. The molecule has 1 saturated heterocycles. The van der Waals surface area contributed by atoms with Gasteiger partial charge < -0.3 is 4.90 Å². The van der Waals surface area contributed by atoms with Crippen molar-refractivity contribution in [3.8, 4) is 6.07 Å². The zero-order valence-electron chi connectivity index (χ0n) is 13.7. The largest absolute Gasteiger partial charge is 0.418 e. The summed E-state index contributed by atoms with van der Waals surface area (Å²) >= 11 is 0. The van der Waals surface area contributed by atoms with Crippen LogP contribution in [-0.4, -0.2) is 28.5 Å². The maximum absolute atomic E-state index is 13.3. The first kappa shape index (κ1) is 19.0. The summed E-state index contributed by atoms with van der Waals surface area (Å²) in [6, 6.07) is 3.32. The van der Waals surface area contributed by atoms with Gasteiger partial charge in [-0.1, -0.05) is 0 Å². The van der Waals surface area contributed by atoms with E-state index in [1.54, 1.807) is 0 Å². The van der Waals surface area contributed by atoms with Crippen molar-refractivity contribution < 1.29 is 26.3 Å². The van der Waals surface area contributed by atoms with Crippen LogP contribution < -0.4 is 4.90 Å². The van der Waals surface area contributed by atoms with E-state index in [4.69, 9.17) is 5.26 Å². The number of aromatic nitrogens is 3. The molecule has 27 heavy (non-hydrogen) atoms. The predicted molar refractivity (Wildman–Crippen MR) is 81.7 cm³/mol. The molecule has 5 nitrogen and oxygen atoms in total. The van der Waals surface area contributed by atoms with Crippen molar-refractivity contribution in [1.82, 2.24) is 15.4 Å². The van der Waals surface area contributed by atoms with Crippen molar-refractivity contribution in [2.24, 2.45) is 0 Å². The van der Waals surface area contributed by atoms with Crippen molar-refractivity contribution >= 4 is 5.69 Å². The third-order valence-electron chi connectivity index (χ3n) is 4.53. The van der Waals surface area contributed by atoms with Crippen LogP contribution in [0.2, 0.25) is 0 Å². The zero-order valence-corrected chi connectivity index (χ0v) is 13.7. The molecular formula is C16H13F6N5. The molecule has 1 aromatic carbocycles. The Hall–Kier alpha value is -2.77. The van der Waals surface area contributed by atoms with Crippen molar-refractivity contribution in [2.75, 3.05) is 18.0 Å². The predicted octanol–water partition coefficient (Wildman–Crippen LogP) is 4.10. The van der Waals surface area contributed by atoms with E-state index in [-0.39, 0.29) is 24.7 Å². The third-order valence-corrected chi connectivity index (χ3v) is 4.53. The van der Waals surface area contributed by atoms with Gasteiger partial charge in [0.05, 0.1) is 11.1 Å². The first-order valence-corrected chi connectivity index (χ1v) is 7.95. The van der Waals surface area contributed by atoms with E-state index < -0.39 is 29.2 Å². The molecule has 3 rings (SSSR count). The lowest BCUT2D eigenvalue weighted by atomic mass is 9.91. The molecule has 0 aliphatic carbocycles. The van der Waals surface area contributed by atoms with Crippen LogP contribution in [0.25, 0.3) is 0 Å². The Bertz CT molecular complexity index is 855. The molecule has 0 bridgehead atoms. The van der Waals surface area contributed by atoms with E-state index in [1.807, 2.05) is 6.07 Å². The van der Waals surface area contributed by atoms with Gasteiger partial charge >= 0.3 is 12.4 Å². The molecule has 2 heterocycles. The van der Waals surface area contributed by atoms with Crippen LogP contribution in [0.1, 0.15) is 41.3 Å². The number of alkyl halides is 6. The quantitative estimate of drug-likeness (QED) is 0.786. The minimum atomic E-state index is -4.77. The topological polar surface area (TPSA) is 68.6 Å². The van der Waals surface area contributed by atoms with Crippen LogP contribution in [0.5, 0.6) is 0 Å². The highest BCUT2D eigenvalue weighted by Crippen LogP contribution is 2.42. The lowest BCUT2D eigenvalue weighted by molar-refractivity contribution is -0.141. The molecule has 0 unspecified atom stereocenters. The van der Waals surface area contributed by atoms with Crippen LogP contribution in [0.3, 0.4) is 0 Å². The lowest BCUT2D eigenvalue weighted by Gasteiger charge is -2.34. The summed E-state index contributed by atoms with van der Waals surface area (Å²) in [5.41, 5.74) is -2.18. The number of hydrogen-bond donors (Lipinski definition) is 1. The first-order chi connectivity index (χ1) is 12.6. The molecule has 0 amide bonds. The Balaban J connectivity index is 1.87. The summed E-state index contributed by atoms with van der Waals surface area (Å²) in [6.45, 7) is 0.208. The standard InChI is InChI=1S/C16H13F6N5/c17-15(18,19)10-1-2-11(16(20,21)22)13(7-10)27-5-3-9(4-6-27)14-12(8-23)24-26-25-14/h1-2,7,9H,3-6H2,(H,24,25,26). The molecule has 11 heteroatoms. The number of rotatable bonds is 2. The molecule has 0 radical (unpaired) electrons. The van der Waals surface area contributed by atoms with Gasteiger partial charge in [0, 0.05) is 24.7 Å².